The highest BCUT2D eigenvalue weighted by Gasteiger charge is 2.51. The molecule has 2 atom stereocenters. The maximum Gasteiger partial charge on any atom is 0.317 e. The molecule has 2 aliphatic rings. The van der Waals surface area contributed by atoms with E-state index in [1.165, 1.54) is 6.07 Å². The lowest BCUT2D eigenvalue weighted by molar-refractivity contribution is 0.187. The van der Waals surface area contributed by atoms with Gasteiger partial charge in [-0.3, -0.25) is 0 Å². The third-order valence-corrected chi connectivity index (χ3v) is 4.77. The van der Waals surface area contributed by atoms with Gasteiger partial charge in [0.1, 0.15) is 5.82 Å². The van der Waals surface area contributed by atoms with E-state index in [2.05, 4.69) is 5.32 Å². The van der Waals surface area contributed by atoms with Crippen LogP contribution in [0.4, 0.5) is 9.18 Å². The predicted octanol–water partition coefficient (Wildman–Crippen LogP) is 0.917. The molecule has 21 heavy (non-hydrogen) atoms. The predicted molar refractivity (Wildman–Crippen MR) is 77.7 cm³/mol. The van der Waals surface area contributed by atoms with Crippen LogP contribution in [0.15, 0.2) is 18.2 Å². The summed E-state index contributed by atoms with van der Waals surface area (Å²) in [4.78, 5) is 13.9. The Balaban J connectivity index is 1.57. The van der Waals surface area contributed by atoms with Gasteiger partial charge in [0.25, 0.3) is 0 Å². The Morgan fingerprint density at radius 2 is 2.33 bits per heavy atom. The normalized spacial score (nSPS) is 27.2. The first-order valence-corrected chi connectivity index (χ1v) is 7.31. The fraction of sp³-hybridized carbons (Fsp3) is 0.533. The maximum absolute atomic E-state index is 13.8. The van der Waals surface area contributed by atoms with Crippen molar-refractivity contribution in [1.82, 2.24) is 10.2 Å². The third-order valence-electron chi connectivity index (χ3n) is 4.77. The highest BCUT2D eigenvalue weighted by Crippen LogP contribution is 2.42. The highest BCUT2D eigenvalue weighted by atomic mass is 19.1. The molecule has 0 radical (unpaired) electrons. The molecule has 114 valence electrons. The van der Waals surface area contributed by atoms with Crippen LogP contribution in [0.3, 0.4) is 0 Å². The van der Waals surface area contributed by atoms with Gasteiger partial charge in [0.2, 0.25) is 0 Å². The molecule has 6 heteroatoms. The van der Waals surface area contributed by atoms with Gasteiger partial charge in [0, 0.05) is 37.3 Å². The SMILES string of the molecule is NCc1ccc(CNC(=O)N2C[C@@H]3CC[C@]3(N)C2)c(F)c1. The van der Waals surface area contributed by atoms with E-state index < -0.39 is 0 Å². The number of halogens is 1. The second-order valence-corrected chi connectivity index (χ2v) is 6.14. The van der Waals surface area contributed by atoms with Crippen molar-refractivity contribution < 1.29 is 9.18 Å². The lowest BCUT2D eigenvalue weighted by Gasteiger charge is -2.39. The van der Waals surface area contributed by atoms with E-state index in [1.54, 1.807) is 17.0 Å². The Hall–Kier alpha value is -1.66. The molecule has 0 bridgehead atoms. The van der Waals surface area contributed by atoms with Gasteiger partial charge >= 0.3 is 6.03 Å². The van der Waals surface area contributed by atoms with Gasteiger partial charge in [-0.2, -0.15) is 0 Å². The number of urea groups is 1. The molecule has 0 aromatic heterocycles. The van der Waals surface area contributed by atoms with Crippen molar-refractivity contribution in [3.8, 4) is 0 Å². The highest BCUT2D eigenvalue weighted by molar-refractivity contribution is 5.75. The van der Waals surface area contributed by atoms with Gasteiger partial charge in [-0.1, -0.05) is 12.1 Å². The number of hydrogen-bond acceptors (Lipinski definition) is 3. The fourth-order valence-electron chi connectivity index (χ4n) is 3.18. The Labute approximate surface area is 123 Å². The summed E-state index contributed by atoms with van der Waals surface area (Å²) in [6, 6.07) is 4.68. The van der Waals surface area contributed by atoms with Gasteiger partial charge in [0.05, 0.1) is 0 Å². The second-order valence-electron chi connectivity index (χ2n) is 6.14. The molecule has 2 amide bonds. The van der Waals surface area contributed by atoms with Crippen LogP contribution >= 0.6 is 0 Å². The molecule has 1 heterocycles. The summed E-state index contributed by atoms with van der Waals surface area (Å²) in [7, 11) is 0. The minimum absolute atomic E-state index is 0.170. The summed E-state index contributed by atoms with van der Waals surface area (Å²) in [5.41, 5.74) is 12.7. The second kappa shape index (κ2) is 5.27. The van der Waals surface area contributed by atoms with Crippen LogP contribution in [0.5, 0.6) is 0 Å². The van der Waals surface area contributed by atoms with E-state index >= 15 is 0 Å². The van der Waals surface area contributed by atoms with Crippen molar-refractivity contribution in [3.05, 3.63) is 35.1 Å². The van der Waals surface area contributed by atoms with Crippen LogP contribution in [-0.2, 0) is 13.1 Å². The minimum Gasteiger partial charge on any atom is -0.334 e. The van der Waals surface area contributed by atoms with E-state index in [4.69, 9.17) is 11.5 Å². The van der Waals surface area contributed by atoms with Crippen LogP contribution in [0, 0.1) is 11.7 Å². The average Bonchev–Trinajstić information content (AvgIpc) is 2.70. The van der Waals surface area contributed by atoms with Crippen molar-refractivity contribution in [2.75, 3.05) is 13.1 Å². The molecule has 2 fully saturated rings. The van der Waals surface area contributed by atoms with Crippen molar-refractivity contribution in [2.24, 2.45) is 17.4 Å². The van der Waals surface area contributed by atoms with Crippen molar-refractivity contribution in [2.45, 2.75) is 31.5 Å². The number of carbonyl (C=O) groups is 1. The van der Waals surface area contributed by atoms with Gasteiger partial charge < -0.3 is 21.7 Å². The lowest BCUT2D eigenvalue weighted by atomic mass is 9.70. The van der Waals surface area contributed by atoms with Crippen LogP contribution in [0.2, 0.25) is 0 Å². The monoisotopic (exact) mass is 292 g/mol. The number of benzene rings is 1. The van der Waals surface area contributed by atoms with E-state index in [0.717, 1.165) is 18.4 Å². The topological polar surface area (TPSA) is 84.4 Å². The Bertz CT molecular complexity index is 565. The lowest BCUT2D eigenvalue weighted by Crippen LogP contribution is -2.55. The summed E-state index contributed by atoms with van der Waals surface area (Å²) in [6.45, 7) is 1.78. The average molecular weight is 292 g/mol. The number of hydrogen-bond donors (Lipinski definition) is 3. The Morgan fingerprint density at radius 3 is 2.86 bits per heavy atom. The third kappa shape index (κ3) is 2.61. The zero-order chi connectivity index (χ0) is 15.0. The molecular weight excluding hydrogens is 271 g/mol. The smallest absolute Gasteiger partial charge is 0.317 e. The minimum atomic E-state index is -0.338. The van der Waals surface area contributed by atoms with Crippen molar-refractivity contribution >= 4 is 6.03 Å². The molecule has 1 saturated heterocycles. The first-order valence-electron chi connectivity index (χ1n) is 7.31. The van der Waals surface area contributed by atoms with Crippen LogP contribution in [0.25, 0.3) is 0 Å². The number of nitrogens with zero attached hydrogens (tertiary/aromatic N) is 1. The van der Waals surface area contributed by atoms with Crippen molar-refractivity contribution in [1.29, 1.82) is 0 Å². The van der Waals surface area contributed by atoms with E-state index in [0.29, 0.717) is 31.1 Å². The fourth-order valence-corrected chi connectivity index (χ4v) is 3.18. The van der Waals surface area contributed by atoms with Gasteiger partial charge in [-0.15, -0.1) is 0 Å². The van der Waals surface area contributed by atoms with Crippen LogP contribution < -0.4 is 16.8 Å². The number of likely N-dealkylation sites (tertiary alicyclic amines) is 1. The summed E-state index contributed by atoms with van der Waals surface area (Å²) in [5, 5.41) is 2.77. The molecule has 1 saturated carbocycles. The number of nitrogens with one attached hydrogen (secondary N) is 1. The molecule has 5 N–H and O–H groups in total. The number of amides is 2. The summed E-state index contributed by atoms with van der Waals surface area (Å²) >= 11 is 0. The first kappa shape index (κ1) is 14.3. The van der Waals surface area contributed by atoms with E-state index in [9.17, 15) is 9.18 Å². The summed E-state index contributed by atoms with van der Waals surface area (Å²) in [5.74, 6) is 0.0823. The Kier molecular flexibility index (Phi) is 3.59. The molecule has 1 aromatic rings. The Morgan fingerprint density at radius 1 is 1.52 bits per heavy atom. The molecule has 0 unspecified atom stereocenters. The molecule has 0 spiro atoms. The standard InChI is InChI=1S/C15H21FN4O/c16-13-5-10(6-17)1-2-11(13)7-19-14(21)20-8-12-3-4-15(12,18)9-20/h1-2,5,12H,3-4,6-9,17-18H2,(H,19,21)/t12-,15-/m0/s1. The zero-order valence-corrected chi connectivity index (χ0v) is 11.9. The summed E-state index contributed by atoms with van der Waals surface area (Å²) in [6.07, 6.45) is 2.08. The van der Waals surface area contributed by atoms with E-state index in [1.807, 2.05) is 0 Å². The van der Waals surface area contributed by atoms with Crippen molar-refractivity contribution in [3.63, 3.8) is 0 Å². The number of rotatable bonds is 3. The molecule has 3 rings (SSSR count). The maximum atomic E-state index is 13.8. The molecule has 1 aliphatic heterocycles. The van der Waals surface area contributed by atoms with Gasteiger partial charge in [-0.05, 0) is 30.4 Å². The first-order chi connectivity index (χ1) is 10.0. The summed E-state index contributed by atoms with van der Waals surface area (Å²) < 4.78 is 13.8. The zero-order valence-electron chi connectivity index (χ0n) is 11.9. The van der Waals surface area contributed by atoms with Gasteiger partial charge in [0.15, 0.2) is 0 Å². The number of carbonyl (C=O) groups excluding carboxylic acids is 1. The van der Waals surface area contributed by atoms with Crippen LogP contribution in [0.1, 0.15) is 24.0 Å². The molecule has 5 nitrogen and oxygen atoms in total. The molecule has 1 aromatic carbocycles. The number of nitrogens with two attached hydrogens (primary N) is 2. The van der Waals surface area contributed by atoms with Crippen LogP contribution in [-0.4, -0.2) is 29.6 Å². The molecular formula is C15H21FN4O. The molecule has 1 aliphatic carbocycles. The van der Waals surface area contributed by atoms with Gasteiger partial charge in [-0.25, -0.2) is 9.18 Å². The largest absolute Gasteiger partial charge is 0.334 e. The number of fused-ring (bicyclic) bond motifs is 1. The van der Waals surface area contributed by atoms with E-state index in [-0.39, 0.29) is 23.9 Å². The quantitative estimate of drug-likeness (QED) is 0.774.